The normalized spacial score (nSPS) is 12.5. The first kappa shape index (κ1) is 18.7. The van der Waals surface area contributed by atoms with Gasteiger partial charge in [-0.25, -0.2) is 4.39 Å². The van der Waals surface area contributed by atoms with Gasteiger partial charge in [0.25, 0.3) is 0 Å². The van der Waals surface area contributed by atoms with E-state index in [1.807, 2.05) is 0 Å². The SMILES string of the molecule is CC(C)CCC(C)c1cc(Oc2c(F)cc(N)cc2Cl)nnc1Cl. The molecule has 1 unspecified atom stereocenters. The maximum atomic E-state index is 14.0. The van der Waals surface area contributed by atoms with Crippen molar-refractivity contribution in [1.29, 1.82) is 0 Å². The van der Waals surface area contributed by atoms with E-state index in [-0.39, 0.29) is 28.3 Å². The van der Waals surface area contributed by atoms with E-state index in [4.69, 9.17) is 33.7 Å². The van der Waals surface area contributed by atoms with Crippen LogP contribution in [-0.4, -0.2) is 10.2 Å². The molecular formula is C17H20Cl2FN3O. The summed E-state index contributed by atoms with van der Waals surface area (Å²) in [5, 5.41) is 8.15. The molecule has 130 valence electrons. The highest BCUT2D eigenvalue weighted by Gasteiger charge is 2.17. The van der Waals surface area contributed by atoms with Gasteiger partial charge in [0.2, 0.25) is 5.88 Å². The third-order valence-electron chi connectivity index (χ3n) is 3.69. The molecule has 0 bridgehead atoms. The summed E-state index contributed by atoms with van der Waals surface area (Å²) in [5.74, 6) is 0.120. The number of anilines is 1. The largest absolute Gasteiger partial charge is 0.433 e. The van der Waals surface area contributed by atoms with Gasteiger partial charge in [-0.3, -0.25) is 0 Å². The summed E-state index contributed by atoms with van der Waals surface area (Å²) in [6.45, 7) is 6.39. The molecule has 0 saturated heterocycles. The molecule has 24 heavy (non-hydrogen) atoms. The molecule has 0 aliphatic heterocycles. The van der Waals surface area contributed by atoms with Gasteiger partial charge < -0.3 is 10.5 Å². The van der Waals surface area contributed by atoms with Crippen LogP contribution in [0.1, 0.15) is 45.1 Å². The predicted octanol–water partition coefficient (Wildman–Crippen LogP) is 5.84. The first-order valence-corrected chi connectivity index (χ1v) is 8.49. The molecule has 0 amide bonds. The minimum Gasteiger partial charge on any atom is -0.433 e. The van der Waals surface area contributed by atoms with Crippen LogP contribution in [-0.2, 0) is 0 Å². The van der Waals surface area contributed by atoms with Crippen molar-refractivity contribution in [2.75, 3.05) is 5.73 Å². The summed E-state index contributed by atoms with van der Waals surface area (Å²) in [4.78, 5) is 0. The van der Waals surface area contributed by atoms with E-state index < -0.39 is 5.82 Å². The quantitative estimate of drug-likeness (QED) is 0.648. The van der Waals surface area contributed by atoms with Crippen molar-refractivity contribution < 1.29 is 9.13 Å². The lowest BCUT2D eigenvalue weighted by atomic mass is 9.94. The monoisotopic (exact) mass is 371 g/mol. The number of halogens is 3. The lowest BCUT2D eigenvalue weighted by Crippen LogP contribution is -2.02. The summed E-state index contributed by atoms with van der Waals surface area (Å²) < 4.78 is 19.5. The zero-order valence-corrected chi connectivity index (χ0v) is 15.3. The summed E-state index contributed by atoms with van der Waals surface area (Å²) >= 11 is 12.1. The lowest BCUT2D eigenvalue weighted by molar-refractivity contribution is 0.420. The van der Waals surface area contributed by atoms with Crippen molar-refractivity contribution in [3.63, 3.8) is 0 Å². The van der Waals surface area contributed by atoms with Crippen LogP contribution < -0.4 is 10.5 Å². The van der Waals surface area contributed by atoms with Gasteiger partial charge in [-0.15, -0.1) is 10.2 Å². The van der Waals surface area contributed by atoms with E-state index in [9.17, 15) is 4.39 Å². The van der Waals surface area contributed by atoms with Gasteiger partial charge in [-0.05, 0) is 29.9 Å². The van der Waals surface area contributed by atoms with Crippen molar-refractivity contribution in [2.45, 2.75) is 39.5 Å². The van der Waals surface area contributed by atoms with Crippen molar-refractivity contribution in [1.82, 2.24) is 10.2 Å². The number of hydrogen-bond acceptors (Lipinski definition) is 4. The van der Waals surface area contributed by atoms with Crippen LogP contribution in [0.15, 0.2) is 18.2 Å². The number of rotatable bonds is 6. The lowest BCUT2D eigenvalue weighted by Gasteiger charge is -2.15. The van der Waals surface area contributed by atoms with Crippen LogP contribution in [0.25, 0.3) is 0 Å². The second-order valence-corrected chi connectivity index (χ2v) is 6.98. The Labute approximate surface area is 151 Å². The molecule has 0 aliphatic rings. The number of nitrogen functional groups attached to an aromatic ring is 1. The molecule has 2 aromatic rings. The van der Waals surface area contributed by atoms with E-state index in [0.717, 1.165) is 24.5 Å². The Morgan fingerprint density at radius 1 is 1.12 bits per heavy atom. The summed E-state index contributed by atoms with van der Waals surface area (Å²) in [5.41, 5.74) is 6.57. The minimum absolute atomic E-state index is 0.0682. The molecular weight excluding hydrogens is 352 g/mol. The summed E-state index contributed by atoms with van der Waals surface area (Å²) in [6.07, 6.45) is 2.02. The fraction of sp³-hybridized carbons (Fsp3) is 0.412. The van der Waals surface area contributed by atoms with Gasteiger partial charge in [-0.1, -0.05) is 50.4 Å². The molecule has 0 spiro atoms. The summed E-state index contributed by atoms with van der Waals surface area (Å²) in [7, 11) is 0. The number of ether oxygens (including phenoxy) is 1. The van der Waals surface area contributed by atoms with Crippen LogP contribution >= 0.6 is 23.2 Å². The smallest absolute Gasteiger partial charge is 0.239 e. The Bertz CT molecular complexity index is 702. The summed E-state index contributed by atoms with van der Waals surface area (Å²) in [6, 6.07) is 4.22. The Morgan fingerprint density at radius 3 is 2.46 bits per heavy atom. The Balaban J connectivity index is 2.25. The number of nitrogens with two attached hydrogens (primary N) is 1. The molecule has 0 aliphatic carbocycles. The molecule has 1 aromatic carbocycles. The molecule has 0 fully saturated rings. The molecule has 1 heterocycles. The third kappa shape index (κ3) is 4.71. The first-order valence-electron chi connectivity index (χ1n) is 7.73. The van der Waals surface area contributed by atoms with Crippen molar-refractivity contribution in [3.05, 3.63) is 39.8 Å². The van der Waals surface area contributed by atoms with Crippen molar-refractivity contribution in [2.24, 2.45) is 5.92 Å². The van der Waals surface area contributed by atoms with Crippen molar-refractivity contribution in [3.8, 4) is 11.6 Å². The number of benzene rings is 1. The fourth-order valence-corrected chi connectivity index (χ4v) is 2.82. The molecule has 0 radical (unpaired) electrons. The predicted molar refractivity (Wildman–Crippen MR) is 95.4 cm³/mol. The zero-order valence-electron chi connectivity index (χ0n) is 13.8. The molecule has 0 saturated carbocycles. The highest BCUT2D eigenvalue weighted by atomic mass is 35.5. The molecule has 1 atom stereocenters. The molecule has 7 heteroatoms. The highest BCUT2D eigenvalue weighted by Crippen LogP contribution is 2.35. The Morgan fingerprint density at radius 2 is 1.83 bits per heavy atom. The number of nitrogens with zero attached hydrogens (tertiary/aromatic N) is 2. The maximum Gasteiger partial charge on any atom is 0.239 e. The van der Waals surface area contributed by atoms with Gasteiger partial charge in [0.05, 0.1) is 5.02 Å². The third-order valence-corrected chi connectivity index (χ3v) is 4.26. The van der Waals surface area contributed by atoms with Crippen LogP contribution in [0.2, 0.25) is 10.2 Å². The standard InChI is InChI=1S/C17H20Cl2FN3O/c1-9(2)4-5-10(3)12-8-15(22-23-17(12)19)24-16-13(18)6-11(21)7-14(16)20/h6-10H,4-5,21H2,1-3H3. The van der Waals surface area contributed by atoms with Gasteiger partial charge in [-0.2, -0.15) is 0 Å². The maximum absolute atomic E-state index is 14.0. The van der Waals surface area contributed by atoms with Gasteiger partial charge in [0.15, 0.2) is 16.7 Å². The van der Waals surface area contributed by atoms with Crippen LogP contribution in [0.3, 0.4) is 0 Å². The van der Waals surface area contributed by atoms with Crippen molar-refractivity contribution >= 4 is 28.9 Å². The average molecular weight is 372 g/mol. The highest BCUT2D eigenvalue weighted by molar-refractivity contribution is 6.32. The van der Waals surface area contributed by atoms with E-state index >= 15 is 0 Å². The van der Waals surface area contributed by atoms with Gasteiger partial charge in [0.1, 0.15) is 0 Å². The topological polar surface area (TPSA) is 61.0 Å². The van der Waals surface area contributed by atoms with Crippen LogP contribution in [0.5, 0.6) is 11.6 Å². The molecule has 2 N–H and O–H groups in total. The second kappa shape index (κ2) is 7.99. The molecule has 1 aromatic heterocycles. The van der Waals surface area contributed by atoms with Crippen LogP contribution in [0, 0.1) is 11.7 Å². The fourth-order valence-electron chi connectivity index (χ4n) is 2.29. The van der Waals surface area contributed by atoms with E-state index in [2.05, 4.69) is 31.0 Å². The van der Waals surface area contributed by atoms with Gasteiger partial charge >= 0.3 is 0 Å². The minimum atomic E-state index is -0.661. The Kier molecular flexibility index (Phi) is 6.24. The van der Waals surface area contributed by atoms with E-state index in [1.165, 1.54) is 6.07 Å². The van der Waals surface area contributed by atoms with Gasteiger partial charge in [0, 0.05) is 17.8 Å². The molecule has 2 rings (SSSR count). The zero-order chi connectivity index (χ0) is 17.9. The van der Waals surface area contributed by atoms with E-state index in [1.54, 1.807) is 6.07 Å². The first-order chi connectivity index (χ1) is 11.3. The van der Waals surface area contributed by atoms with Crippen LogP contribution in [0.4, 0.5) is 10.1 Å². The van der Waals surface area contributed by atoms with E-state index in [0.29, 0.717) is 11.1 Å². The second-order valence-electron chi connectivity index (χ2n) is 6.22. The number of aromatic nitrogens is 2. The molecule has 4 nitrogen and oxygen atoms in total. The number of hydrogen-bond donors (Lipinski definition) is 1. The Hall–Kier alpha value is -1.59. The average Bonchev–Trinajstić information content (AvgIpc) is 2.49.